The van der Waals surface area contributed by atoms with Crippen LogP contribution in [0.3, 0.4) is 0 Å². The zero-order chi connectivity index (χ0) is 19.5. The summed E-state index contributed by atoms with van der Waals surface area (Å²) in [6, 6.07) is 0. The van der Waals surface area contributed by atoms with Gasteiger partial charge in [0.1, 0.15) is 6.23 Å². The summed E-state index contributed by atoms with van der Waals surface area (Å²) in [6.07, 6.45) is -0.750. The second kappa shape index (κ2) is 6.00. The zero-order valence-electron chi connectivity index (χ0n) is 18.1. The molecule has 0 aromatic rings. The van der Waals surface area contributed by atoms with Crippen LogP contribution in [-0.2, 0) is 4.79 Å². The molecule has 0 saturated carbocycles. The van der Waals surface area contributed by atoms with Gasteiger partial charge in [0.2, 0.25) is 5.91 Å². The first-order chi connectivity index (χ1) is 10.3. The molecule has 0 aromatic heterocycles. The quantitative estimate of drug-likeness (QED) is 0.679. The summed E-state index contributed by atoms with van der Waals surface area (Å²) in [5.74, 6) is 0.143. The fourth-order valence-corrected chi connectivity index (χ4v) is 4.65. The molecule has 0 spiro atoms. The first-order valence-corrected chi connectivity index (χ1v) is 9.32. The molecule has 0 bridgehead atoms. The highest BCUT2D eigenvalue weighted by atomic mass is 16.3. The molecule has 142 valence electrons. The molecule has 0 aliphatic carbocycles. The van der Waals surface area contributed by atoms with Gasteiger partial charge in [-0.2, -0.15) is 0 Å². The first kappa shape index (κ1) is 21.5. The number of hydrogen-bond acceptors (Lipinski definition) is 2. The Morgan fingerprint density at radius 2 is 1.08 bits per heavy atom. The van der Waals surface area contributed by atoms with Gasteiger partial charge >= 0.3 is 0 Å². The minimum Gasteiger partial charge on any atom is -0.373 e. The SMILES string of the molecule is CC(C)(C)C1C(=O)N(C(C)(C)C)C(O)C(C(C)(C)C)C1C(C)(C)C. The molecule has 1 N–H and O–H groups in total. The molecule has 3 nitrogen and oxygen atoms in total. The van der Waals surface area contributed by atoms with E-state index < -0.39 is 11.8 Å². The third-order valence-electron chi connectivity index (χ3n) is 5.49. The van der Waals surface area contributed by atoms with Gasteiger partial charge in [0, 0.05) is 17.4 Å². The number of likely N-dealkylation sites (tertiary alicyclic amines) is 1. The van der Waals surface area contributed by atoms with Gasteiger partial charge in [0.05, 0.1) is 0 Å². The maximum Gasteiger partial charge on any atom is 0.228 e. The van der Waals surface area contributed by atoms with Crippen molar-refractivity contribution in [3.05, 3.63) is 0 Å². The number of hydrogen-bond donors (Lipinski definition) is 1. The van der Waals surface area contributed by atoms with Crippen LogP contribution in [0.4, 0.5) is 0 Å². The predicted octanol–water partition coefficient (Wildman–Crippen LogP) is 4.93. The van der Waals surface area contributed by atoms with Gasteiger partial charge in [-0.05, 0) is 42.9 Å². The smallest absolute Gasteiger partial charge is 0.228 e. The van der Waals surface area contributed by atoms with Crippen LogP contribution in [0.25, 0.3) is 0 Å². The highest BCUT2D eigenvalue weighted by molar-refractivity contribution is 5.82. The van der Waals surface area contributed by atoms with Crippen molar-refractivity contribution in [2.45, 2.75) is 94.9 Å². The minimum atomic E-state index is -0.750. The highest BCUT2D eigenvalue weighted by Gasteiger charge is 2.59. The standard InChI is InChI=1S/C21H41NO2/c1-18(2,3)13-14(19(4,5)6)16(23)22(21(10,11)12)17(24)15(13)20(7,8)9/h13-16,23H,1-12H3. The fourth-order valence-electron chi connectivity index (χ4n) is 4.65. The van der Waals surface area contributed by atoms with E-state index in [0.717, 1.165) is 0 Å². The van der Waals surface area contributed by atoms with Gasteiger partial charge in [-0.1, -0.05) is 62.3 Å². The van der Waals surface area contributed by atoms with Crippen molar-refractivity contribution in [1.29, 1.82) is 0 Å². The Balaban J connectivity index is 3.68. The highest BCUT2D eigenvalue weighted by Crippen LogP contribution is 2.55. The normalized spacial score (nSPS) is 30.7. The van der Waals surface area contributed by atoms with Crippen molar-refractivity contribution >= 4 is 5.91 Å². The average molecular weight is 340 g/mol. The third kappa shape index (κ3) is 3.98. The summed E-state index contributed by atoms with van der Waals surface area (Å²) in [7, 11) is 0. The van der Waals surface area contributed by atoms with E-state index in [9.17, 15) is 9.90 Å². The lowest BCUT2D eigenvalue weighted by atomic mass is 9.52. The summed E-state index contributed by atoms with van der Waals surface area (Å²) < 4.78 is 0. The molecule has 1 fully saturated rings. The molecule has 1 saturated heterocycles. The van der Waals surface area contributed by atoms with E-state index in [1.54, 1.807) is 4.90 Å². The zero-order valence-corrected chi connectivity index (χ0v) is 18.1. The number of amides is 1. The van der Waals surface area contributed by atoms with Crippen LogP contribution >= 0.6 is 0 Å². The third-order valence-corrected chi connectivity index (χ3v) is 5.49. The fraction of sp³-hybridized carbons (Fsp3) is 0.952. The Labute approximate surface area is 150 Å². The van der Waals surface area contributed by atoms with Crippen LogP contribution in [0.15, 0.2) is 0 Å². The number of nitrogens with zero attached hydrogens (tertiary/aromatic N) is 1. The molecule has 1 heterocycles. The van der Waals surface area contributed by atoms with Crippen molar-refractivity contribution in [2.75, 3.05) is 0 Å². The maximum atomic E-state index is 13.5. The average Bonchev–Trinajstić information content (AvgIpc) is 2.20. The Kier molecular flexibility index (Phi) is 5.37. The van der Waals surface area contributed by atoms with Crippen molar-refractivity contribution in [2.24, 2.45) is 34.0 Å². The molecule has 1 rings (SSSR count). The summed E-state index contributed by atoms with van der Waals surface area (Å²) in [6.45, 7) is 25.7. The summed E-state index contributed by atoms with van der Waals surface area (Å²) >= 11 is 0. The lowest BCUT2D eigenvalue weighted by Gasteiger charge is -2.60. The number of rotatable bonds is 0. The molecule has 24 heavy (non-hydrogen) atoms. The number of aliphatic hydroxyl groups is 1. The van der Waals surface area contributed by atoms with E-state index in [4.69, 9.17) is 0 Å². The topological polar surface area (TPSA) is 40.5 Å². The van der Waals surface area contributed by atoms with Crippen LogP contribution in [0.2, 0.25) is 0 Å². The molecule has 1 aliphatic rings. The van der Waals surface area contributed by atoms with Crippen LogP contribution in [0, 0.1) is 34.0 Å². The van der Waals surface area contributed by atoms with Crippen molar-refractivity contribution < 1.29 is 9.90 Å². The van der Waals surface area contributed by atoms with Crippen molar-refractivity contribution in [1.82, 2.24) is 4.90 Å². The molecule has 4 atom stereocenters. The van der Waals surface area contributed by atoms with E-state index >= 15 is 0 Å². The molecule has 1 amide bonds. The summed E-state index contributed by atoms with van der Waals surface area (Å²) in [5.41, 5.74) is -0.698. The van der Waals surface area contributed by atoms with Gasteiger partial charge in [0.15, 0.2) is 0 Å². The van der Waals surface area contributed by atoms with Crippen LogP contribution in [-0.4, -0.2) is 27.7 Å². The Hall–Kier alpha value is -0.570. The number of piperidine rings is 1. The van der Waals surface area contributed by atoms with Crippen LogP contribution in [0.1, 0.15) is 83.1 Å². The monoisotopic (exact) mass is 339 g/mol. The number of carbonyl (C=O) groups is 1. The Morgan fingerprint density at radius 1 is 0.708 bits per heavy atom. The van der Waals surface area contributed by atoms with Gasteiger partial charge in [-0.15, -0.1) is 0 Å². The van der Waals surface area contributed by atoms with E-state index in [1.807, 2.05) is 20.8 Å². The molecule has 3 heteroatoms. The second-order valence-electron chi connectivity index (χ2n) is 11.9. The summed E-state index contributed by atoms with van der Waals surface area (Å²) in [5, 5.41) is 11.3. The van der Waals surface area contributed by atoms with Gasteiger partial charge in [-0.3, -0.25) is 4.79 Å². The van der Waals surface area contributed by atoms with Crippen molar-refractivity contribution in [3.63, 3.8) is 0 Å². The molecular formula is C21H41NO2. The molecule has 0 radical (unpaired) electrons. The predicted molar refractivity (Wildman–Crippen MR) is 101 cm³/mol. The van der Waals surface area contributed by atoms with Gasteiger partial charge in [0.25, 0.3) is 0 Å². The Morgan fingerprint density at radius 3 is 1.33 bits per heavy atom. The molecule has 0 aromatic carbocycles. The first-order valence-electron chi connectivity index (χ1n) is 9.32. The van der Waals surface area contributed by atoms with E-state index in [1.165, 1.54) is 0 Å². The van der Waals surface area contributed by atoms with Crippen molar-refractivity contribution in [3.8, 4) is 0 Å². The summed E-state index contributed by atoms with van der Waals surface area (Å²) in [4.78, 5) is 15.3. The largest absolute Gasteiger partial charge is 0.373 e. The van der Waals surface area contributed by atoms with E-state index in [-0.39, 0.29) is 39.9 Å². The molecular weight excluding hydrogens is 298 g/mol. The number of carbonyl (C=O) groups excluding carboxylic acids is 1. The molecule has 1 aliphatic heterocycles. The minimum absolute atomic E-state index is 0.0265. The van der Waals surface area contributed by atoms with Crippen LogP contribution < -0.4 is 0 Å². The maximum absolute atomic E-state index is 13.5. The Bertz CT molecular complexity index is 468. The van der Waals surface area contributed by atoms with Crippen LogP contribution in [0.5, 0.6) is 0 Å². The lowest BCUT2D eigenvalue weighted by Crippen LogP contribution is -2.68. The number of aliphatic hydroxyl groups excluding tert-OH is 1. The van der Waals surface area contributed by atoms with Gasteiger partial charge < -0.3 is 10.0 Å². The van der Waals surface area contributed by atoms with Gasteiger partial charge in [-0.25, -0.2) is 0 Å². The molecule has 4 unspecified atom stereocenters. The lowest BCUT2D eigenvalue weighted by molar-refractivity contribution is -0.212. The van der Waals surface area contributed by atoms with E-state index in [2.05, 4.69) is 62.3 Å². The second-order valence-corrected chi connectivity index (χ2v) is 11.9. The van der Waals surface area contributed by atoms with E-state index in [0.29, 0.717) is 0 Å².